The van der Waals surface area contributed by atoms with E-state index in [4.69, 9.17) is 0 Å². The quantitative estimate of drug-likeness (QED) is 0.335. The summed E-state index contributed by atoms with van der Waals surface area (Å²) in [5.74, 6) is -3.84. The number of hydrogen-bond acceptors (Lipinski definition) is 8. The lowest BCUT2D eigenvalue weighted by Gasteiger charge is -2.20. The monoisotopic (exact) mass is 428 g/mol. The normalized spacial score (nSPS) is 11.3. The summed E-state index contributed by atoms with van der Waals surface area (Å²) >= 11 is 0. The maximum Gasteiger partial charge on any atom is 0.331 e. The van der Waals surface area contributed by atoms with E-state index < -0.39 is 60.1 Å². The summed E-state index contributed by atoms with van der Waals surface area (Å²) in [6, 6.07) is -1.51. The molecule has 0 atom stereocenters. The molecule has 0 saturated heterocycles. The van der Waals surface area contributed by atoms with Gasteiger partial charge in [-0.2, -0.15) is 0 Å². The molecule has 30 heavy (non-hydrogen) atoms. The van der Waals surface area contributed by atoms with Gasteiger partial charge in [-0.25, -0.2) is 19.2 Å². The highest BCUT2D eigenvalue weighted by molar-refractivity contribution is 5.98. The Morgan fingerprint density at radius 3 is 1.20 bits per heavy atom. The van der Waals surface area contributed by atoms with Crippen LogP contribution in [0.1, 0.15) is 41.5 Å². The van der Waals surface area contributed by atoms with E-state index in [1.54, 1.807) is 41.5 Å². The summed E-state index contributed by atoms with van der Waals surface area (Å²) in [6.45, 7) is 8.78. The summed E-state index contributed by atoms with van der Waals surface area (Å²) in [5.41, 5.74) is -1.12. The van der Waals surface area contributed by atoms with Gasteiger partial charge in [0, 0.05) is 23.2 Å². The summed E-state index contributed by atoms with van der Waals surface area (Å²) < 4.78 is 9.10. The number of carbonyl (C=O) groups is 6. The smallest absolute Gasteiger partial charge is 0.331 e. The van der Waals surface area contributed by atoms with Gasteiger partial charge in [0.2, 0.25) is 0 Å². The Morgan fingerprint density at radius 2 is 0.933 bits per heavy atom. The molecule has 0 heterocycles. The van der Waals surface area contributed by atoms with E-state index in [2.05, 4.69) is 20.1 Å². The number of imide groups is 2. The Labute approximate surface area is 174 Å². The van der Waals surface area contributed by atoms with Gasteiger partial charge in [-0.05, 0) is 41.5 Å². The molecule has 0 spiro atoms. The number of hydrogen-bond donors (Lipinski definition) is 4. The SMILES string of the molecule is CC(C)(C)NC(=O)NC(=O)COC(=O)C=CC(=O)OCC(=O)NC(=O)NC(C)(C)C. The van der Waals surface area contributed by atoms with E-state index in [9.17, 15) is 28.8 Å². The highest BCUT2D eigenvalue weighted by Gasteiger charge is 2.17. The van der Waals surface area contributed by atoms with Crippen molar-refractivity contribution in [3.05, 3.63) is 12.2 Å². The van der Waals surface area contributed by atoms with Crippen LogP contribution in [0.15, 0.2) is 12.2 Å². The van der Waals surface area contributed by atoms with Gasteiger partial charge in [-0.3, -0.25) is 20.2 Å². The average molecular weight is 428 g/mol. The van der Waals surface area contributed by atoms with Crippen LogP contribution >= 0.6 is 0 Å². The van der Waals surface area contributed by atoms with E-state index in [1.165, 1.54) is 0 Å². The molecule has 12 heteroatoms. The highest BCUT2D eigenvalue weighted by Crippen LogP contribution is 1.98. The number of ether oxygens (including phenoxy) is 2. The van der Waals surface area contributed by atoms with Crippen LogP contribution < -0.4 is 21.3 Å². The fraction of sp³-hybridized carbons (Fsp3) is 0.556. The maximum absolute atomic E-state index is 11.5. The first-order valence-corrected chi connectivity index (χ1v) is 8.83. The van der Waals surface area contributed by atoms with Crippen molar-refractivity contribution in [1.29, 1.82) is 0 Å². The second-order valence-corrected chi connectivity index (χ2v) is 8.05. The molecule has 0 rings (SSSR count). The Morgan fingerprint density at radius 1 is 0.633 bits per heavy atom. The summed E-state index contributed by atoms with van der Waals surface area (Å²) in [6.07, 6.45) is 1.35. The lowest BCUT2D eigenvalue weighted by Crippen LogP contribution is -2.49. The van der Waals surface area contributed by atoms with Gasteiger partial charge in [0.05, 0.1) is 0 Å². The molecule has 6 amide bonds. The third kappa shape index (κ3) is 15.6. The maximum atomic E-state index is 11.5. The number of esters is 2. The van der Waals surface area contributed by atoms with Gasteiger partial charge >= 0.3 is 24.0 Å². The van der Waals surface area contributed by atoms with Crippen LogP contribution in [-0.2, 0) is 28.7 Å². The van der Waals surface area contributed by atoms with Gasteiger partial charge in [0.25, 0.3) is 11.8 Å². The van der Waals surface area contributed by atoms with E-state index in [0.29, 0.717) is 12.2 Å². The minimum absolute atomic E-state index is 0.558. The number of rotatable bonds is 6. The van der Waals surface area contributed by atoms with Crippen molar-refractivity contribution in [3.63, 3.8) is 0 Å². The minimum Gasteiger partial charge on any atom is -0.452 e. The molecule has 0 aromatic heterocycles. The van der Waals surface area contributed by atoms with E-state index in [-0.39, 0.29) is 0 Å². The number of nitrogens with one attached hydrogen (secondary N) is 4. The Kier molecular flexibility index (Phi) is 10.2. The van der Waals surface area contributed by atoms with Crippen molar-refractivity contribution < 1.29 is 38.2 Å². The van der Waals surface area contributed by atoms with E-state index >= 15 is 0 Å². The van der Waals surface area contributed by atoms with Gasteiger partial charge < -0.3 is 20.1 Å². The Bertz CT molecular complexity index is 657. The molecule has 0 radical (unpaired) electrons. The van der Waals surface area contributed by atoms with Gasteiger partial charge in [-0.15, -0.1) is 0 Å². The van der Waals surface area contributed by atoms with Crippen molar-refractivity contribution >= 4 is 35.8 Å². The summed E-state index contributed by atoms with van der Waals surface area (Å²) in [5, 5.41) is 8.88. The third-order valence-electron chi connectivity index (χ3n) is 2.53. The molecule has 0 bridgehead atoms. The van der Waals surface area contributed by atoms with Crippen molar-refractivity contribution in [3.8, 4) is 0 Å². The highest BCUT2D eigenvalue weighted by atomic mass is 16.5. The molecule has 0 aromatic rings. The topological polar surface area (TPSA) is 169 Å². The molecule has 4 N–H and O–H groups in total. The second kappa shape index (κ2) is 11.5. The van der Waals surface area contributed by atoms with Gasteiger partial charge in [0.1, 0.15) is 0 Å². The molecule has 0 aliphatic rings. The predicted molar refractivity (Wildman–Crippen MR) is 104 cm³/mol. The zero-order valence-corrected chi connectivity index (χ0v) is 17.8. The van der Waals surface area contributed by atoms with Crippen LogP contribution in [0, 0.1) is 0 Å². The number of amides is 6. The average Bonchev–Trinajstić information content (AvgIpc) is 2.52. The lowest BCUT2D eigenvalue weighted by molar-refractivity contribution is -0.145. The van der Waals surface area contributed by atoms with Crippen molar-refractivity contribution in [2.24, 2.45) is 0 Å². The molecule has 168 valence electrons. The largest absolute Gasteiger partial charge is 0.452 e. The third-order valence-corrected chi connectivity index (χ3v) is 2.53. The zero-order valence-electron chi connectivity index (χ0n) is 17.8. The second-order valence-electron chi connectivity index (χ2n) is 8.05. The van der Waals surface area contributed by atoms with E-state index in [0.717, 1.165) is 0 Å². The molecular formula is C18H28N4O8. The molecular weight excluding hydrogens is 400 g/mol. The predicted octanol–water partition coefficient (Wildman–Crippen LogP) is -0.122. The summed E-state index contributed by atoms with van der Waals surface area (Å²) in [7, 11) is 0. The minimum atomic E-state index is -1.05. The van der Waals surface area contributed by atoms with Gasteiger partial charge in [0.15, 0.2) is 13.2 Å². The number of urea groups is 2. The fourth-order valence-electron chi connectivity index (χ4n) is 1.57. The van der Waals surface area contributed by atoms with Crippen LogP contribution in [0.25, 0.3) is 0 Å². The molecule has 0 aliphatic heterocycles. The Balaban J connectivity index is 4.20. The van der Waals surface area contributed by atoms with Gasteiger partial charge in [-0.1, -0.05) is 0 Å². The molecule has 0 unspecified atom stereocenters. The molecule has 0 aliphatic carbocycles. The molecule has 0 aromatic carbocycles. The first-order valence-electron chi connectivity index (χ1n) is 8.83. The van der Waals surface area contributed by atoms with Crippen LogP contribution in [0.4, 0.5) is 9.59 Å². The molecule has 0 fully saturated rings. The Hall–Kier alpha value is -3.44. The van der Waals surface area contributed by atoms with Crippen LogP contribution in [0.5, 0.6) is 0 Å². The van der Waals surface area contributed by atoms with Crippen LogP contribution in [0.3, 0.4) is 0 Å². The zero-order chi connectivity index (χ0) is 23.5. The number of carbonyl (C=O) groups excluding carboxylic acids is 6. The summed E-state index contributed by atoms with van der Waals surface area (Å²) in [4.78, 5) is 68.8. The first-order chi connectivity index (χ1) is 13.6. The van der Waals surface area contributed by atoms with Crippen molar-refractivity contribution in [1.82, 2.24) is 21.3 Å². The fourth-order valence-corrected chi connectivity index (χ4v) is 1.57. The van der Waals surface area contributed by atoms with Crippen LogP contribution in [-0.4, -0.2) is 60.1 Å². The lowest BCUT2D eigenvalue weighted by atomic mass is 10.1. The first kappa shape index (κ1) is 26.6. The van der Waals surface area contributed by atoms with Crippen LogP contribution in [0.2, 0.25) is 0 Å². The van der Waals surface area contributed by atoms with Crippen molar-refractivity contribution in [2.45, 2.75) is 52.6 Å². The standard InChI is InChI=1S/C18H28N4O8/c1-17(2,3)21-15(27)19-11(23)9-29-13(25)7-8-14(26)30-10-12(24)20-16(28)22-18(4,5)6/h7-8H,9-10H2,1-6H3,(H2,19,21,23,27)(H2,20,22,24,28). The van der Waals surface area contributed by atoms with E-state index in [1.807, 2.05) is 10.6 Å². The molecule has 12 nitrogen and oxygen atoms in total. The van der Waals surface area contributed by atoms with Crippen molar-refractivity contribution in [2.75, 3.05) is 13.2 Å². The molecule has 0 saturated carbocycles.